The Balaban J connectivity index is 1.46. The van der Waals surface area contributed by atoms with Crippen LogP contribution in [0.25, 0.3) is 11.3 Å². The lowest BCUT2D eigenvalue weighted by atomic mass is 10.0. The third kappa shape index (κ3) is 3.12. The van der Waals surface area contributed by atoms with E-state index in [1.807, 2.05) is 11.8 Å². The second kappa shape index (κ2) is 6.67. The molecular weight excluding hydrogens is 316 g/mol. The molecule has 2 aliphatic rings. The van der Waals surface area contributed by atoms with Gasteiger partial charge in [-0.05, 0) is 43.4 Å². The van der Waals surface area contributed by atoms with Gasteiger partial charge in [-0.3, -0.25) is 4.79 Å². The Hall–Kier alpha value is -1.68. The van der Waals surface area contributed by atoms with Gasteiger partial charge in [-0.2, -0.15) is 0 Å². The molecule has 0 spiro atoms. The summed E-state index contributed by atoms with van der Waals surface area (Å²) in [6.07, 6.45) is 8.08. The number of rotatable bonds is 4. The van der Waals surface area contributed by atoms with Crippen molar-refractivity contribution >= 4 is 22.9 Å². The maximum Gasteiger partial charge on any atom is 0.227 e. The molecule has 126 valence electrons. The summed E-state index contributed by atoms with van der Waals surface area (Å²) >= 11 is 1.68. The summed E-state index contributed by atoms with van der Waals surface area (Å²) in [6.45, 7) is 2.87. The lowest BCUT2D eigenvalue weighted by Crippen LogP contribution is -2.28. The first-order chi connectivity index (χ1) is 11.7. The molecule has 3 nitrogen and oxygen atoms in total. The topological polar surface area (TPSA) is 33.2 Å². The molecule has 0 saturated heterocycles. The van der Waals surface area contributed by atoms with Crippen LogP contribution >= 0.6 is 11.3 Å². The molecule has 0 N–H and O–H groups in total. The molecular formula is C20H24N2OS. The fraction of sp³-hybridized carbons (Fsp3) is 0.500. The van der Waals surface area contributed by atoms with E-state index in [1.165, 1.54) is 36.8 Å². The highest BCUT2D eigenvalue weighted by molar-refractivity contribution is 7.09. The van der Waals surface area contributed by atoms with E-state index in [0.29, 0.717) is 12.3 Å². The van der Waals surface area contributed by atoms with Gasteiger partial charge in [-0.1, -0.05) is 31.7 Å². The van der Waals surface area contributed by atoms with Crippen LogP contribution in [0.3, 0.4) is 0 Å². The SMILES string of the molecule is Cc1nc(-c2ccc3c(c2)CCN3C(=O)CCC2CCCC2)cs1. The monoisotopic (exact) mass is 340 g/mol. The molecule has 0 unspecified atom stereocenters. The predicted octanol–water partition coefficient (Wildman–Crippen LogP) is 4.98. The average molecular weight is 340 g/mol. The van der Waals surface area contributed by atoms with Gasteiger partial charge in [0.25, 0.3) is 0 Å². The zero-order valence-corrected chi connectivity index (χ0v) is 15.1. The predicted molar refractivity (Wildman–Crippen MR) is 99.5 cm³/mol. The summed E-state index contributed by atoms with van der Waals surface area (Å²) in [6, 6.07) is 6.43. The van der Waals surface area contributed by atoms with Crippen LogP contribution in [-0.2, 0) is 11.2 Å². The Morgan fingerprint density at radius 2 is 2.17 bits per heavy atom. The van der Waals surface area contributed by atoms with Crippen LogP contribution in [-0.4, -0.2) is 17.4 Å². The first-order valence-electron chi connectivity index (χ1n) is 9.06. The number of anilines is 1. The van der Waals surface area contributed by atoms with Gasteiger partial charge in [0.15, 0.2) is 0 Å². The van der Waals surface area contributed by atoms with Crippen LogP contribution < -0.4 is 4.90 Å². The number of amides is 1. The summed E-state index contributed by atoms with van der Waals surface area (Å²) in [5.74, 6) is 1.09. The largest absolute Gasteiger partial charge is 0.312 e. The normalized spacial score (nSPS) is 17.5. The summed E-state index contributed by atoms with van der Waals surface area (Å²) in [5, 5.41) is 3.20. The second-order valence-corrected chi connectivity index (χ2v) is 8.14. The lowest BCUT2D eigenvalue weighted by molar-refractivity contribution is -0.118. The third-order valence-corrected chi connectivity index (χ3v) is 6.21. The summed E-state index contributed by atoms with van der Waals surface area (Å²) < 4.78 is 0. The van der Waals surface area contributed by atoms with Crippen molar-refractivity contribution in [3.8, 4) is 11.3 Å². The number of fused-ring (bicyclic) bond motifs is 1. The van der Waals surface area contributed by atoms with Gasteiger partial charge in [0.2, 0.25) is 5.91 Å². The molecule has 1 aromatic heterocycles. The number of aryl methyl sites for hydroxylation is 1. The van der Waals surface area contributed by atoms with Gasteiger partial charge < -0.3 is 4.90 Å². The Bertz CT molecular complexity index is 746. The molecule has 1 saturated carbocycles. The highest BCUT2D eigenvalue weighted by atomic mass is 32.1. The van der Waals surface area contributed by atoms with Crippen LogP contribution in [0.15, 0.2) is 23.6 Å². The fourth-order valence-corrected chi connectivity index (χ4v) is 4.70. The van der Waals surface area contributed by atoms with Crippen molar-refractivity contribution in [1.82, 2.24) is 4.98 Å². The van der Waals surface area contributed by atoms with E-state index in [4.69, 9.17) is 0 Å². The van der Waals surface area contributed by atoms with E-state index >= 15 is 0 Å². The number of nitrogens with zero attached hydrogens (tertiary/aromatic N) is 2. The molecule has 2 aromatic rings. The van der Waals surface area contributed by atoms with Gasteiger partial charge in [0.05, 0.1) is 10.7 Å². The van der Waals surface area contributed by atoms with E-state index < -0.39 is 0 Å². The van der Waals surface area contributed by atoms with Crippen LogP contribution in [0.4, 0.5) is 5.69 Å². The van der Waals surface area contributed by atoms with E-state index in [0.717, 1.165) is 41.7 Å². The standard InChI is InChI=1S/C20H24N2OS/c1-14-21-18(13-24-14)16-7-8-19-17(12-16)10-11-22(19)20(23)9-6-15-4-2-3-5-15/h7-8,12-13,15H,2-6,9-11H2,1H3. The molecule has 1 aliphatic carbocycles. The van der Waals surface area contributed by atoms with E-state index in [-0.39, 0.29) is 0 Å². The van der Waals surface area contributed by atoms with Crippen molar-refractivity contribution in [3.05, 3.63) is 34.2 Å². The summed E-state index contributed by atoms with van der Waals surface area (Å²) in [5.41, 5.74) is 4.61. The van der Waals surface area contributed by atoms with E-state index in [2.05, 4.69) is 28.6 Å². The first kappa shape index (κ1) is 15.8. The minimum Gasteiger partial charge on any atom is -0.312 e. The smallest absolute Gasteiger partial charge is 0.227 e. The zero-order valence-electron chi connectivity index (χ0n) is 14.3. The summed E-state index contributed by atoms with van der Waals surface area (Å²) in [4.78, 5) is 19.2. The van der Waals surface area contributed by atoms with Gasteiger partial charge in [-0.25, -0.2) is 4.98 Å². The highest BCUT2D eigenvalue weighted by Gasteiger charge is 2.26. The second-order valence-electron chi connectivity index (χ2n) is 7.08. The molecule has 1 fully saturated rings. The molecule has 4 heteroatoms. The van der Waals surface area contributed by atoms with Crippen LogP contribution in [0.5, 0.6) is 0 Å². The fourth-order valence-electron chi connectivity index (χ4n) is 4.08. The van der Waals surface area contributed by atoms with Crippen molar-refractivity contribution in [3.63, 3.8) is 0 Å². The molecule has 4 rings (SSSR count). The Labute approximate surface area is 147 Å². The molecule has 24 heavy (non-hydrogen) atoms. The van der Waals surface area contributed by atoms with Crippen molar-refractivity contribution in [2.24, 2.45) is 5.92 Å². The maximum absolute atomic E-state index is 12.6. The van der Waals surface area contributed by atoms with E-state index in [1.54, 1.807) is 11.3 Å². The van der Waals surface area contributed by atoms with Crippen molar-refractivity contribution < 1.29 is 4.79 Å². The van der Waals surface area contributed by atoms with Crippen molar-refractivity contribution in [2.45, 2.75) is 51.9 Å². The number of carbonyl (C=O) groups excluding carboxylic acids is 1. The Morgan fingerprint density at radius 3 is 2.92 bits per heavy atom. The molecule has 0 bridgehead atoms. The molecule has 0 atom stereocenters. The number of carbonyl (C=O) groups is 1. The minimum atomic E-state index is 0.304. The molecule has 1 amide bonds. The van der Waals surface area contributed by atoms with Crippen LogP contribution in [0.1, 0.15) is 49.1 Å². The lowest BCUT2D eigenvalue weighted by Gasteiger charge is -2.18. The highest BCUT2D eigenvalue weighted by Crippen LogP contribution is 2.34. The van der Waals surface area contributed by atoms with Gasteiger partial charge in [0.1, 0.15) is 0 Å². The molecule has 1 aliphatic heterocycles. The van der Waals surface area contributed by atoms with Gasteiger partial charge in [-0.15, -0.1) is 11.3 Å². The Morgan fingerprint density at radius 1 is 1.33 bits per heavy atom. The minimum absolute atomic E-state index is 0.304. The van der Waals surface area contributed by atoms with Crippen LogP contribution in [0.2, 0.25) is 0 Å². The van der Waals surface area contributed by atoms with Crippen molar-refractivity contribution in [1.29, 1.82) is 0 Å². The van der Waals surface area contributed by atoms with E-state index in [9.17, 15) is 4.79 Å². The van der Waals surface area contributed by atoms with Crippen LogP contribution in [0, 0.1) is 12.8 Å². The average Bonchev–Trinajstić information content (AvgIpc) is 3.32. The number of aromatic nitrogens is 1. The quantitative estimate of drug-likeness (QED) is 0.786. The van der Waals surface area contributed by atoms with Gasteiger partial charge in [0, 0.05) is 29.6 Å². The zero-order chi connectivity index (χ0) is 16.5. The maximum atomic E-state index is 12.6. The summed E-state index contributed by atoms with van der Waals surface area (Å²) in [7, 11) is 0. The number of hydrogen-bond donors (Lipinski definition) is 0. The molecule has 2 heterocycles. The Kier molecular flexibility index (Phi) is 4.40. The number of hydrogen-bond acceptors (Lipinski definition) is 3. The molecule has 1 aromatic carbocycles. The first-order valence-corrected chi connectivity index (χ1v) is 9.94. The van der Waals surface area contributed by atoms with Gasteiger partial charge >= 0.3 is 0 Å². The number of benzene rings is 1. The van der Waals surface area contributed by atoms with Crippen molar-refractivity contribution in [2.75, 3.05) is 11.4 Å². The molecule has 0 radical (unpaired) electrons. The number of thiazole rings is 1. The third-order valence-electron chi connectivity index (χ3n) is 5.43.